The van der Waals surface area contributed by atoms with Crippen LogP contribution < -0.4 is 30.2 Å². The van der Waals surface area contributed by atoms with E-state index in [2.05, 4.69) is 22.0 Å². The lowest BCUT2D eigenvalue weighted by atomic mass is 10.1. The van der Waals surface area contributed by atoms with Crippen molar-refractivity contribution in [1.82, 2.24) is 5.32 Å². The molecular weight excluding hydrogens is 663 g/mol. The molecule has 0 bridgehead atoms. The minimum Gasteiger partial charge on any atom is -0.493 e. The lowest BCUT2D eigenvalue weighted by Crippen LogP contribution is -2.30. The van der Waals surface area contributed by atoms with Gasteiger partial charge in [-0.15, -0.1) is 11.8 Å². The maximum absolute atomic E-state index is 13.7. The number of methoxy groups -OCH3 is 3. The summed E-state index contributed by atoms with van der Waals surface area (Å²) in [5, 5.41) is 8.17. The second kappa shape index (κ2) is 17.1. The second-order valence-corrected chi connectivity index (χ2v) is 12.8. The van der Waals surface area contributed by atoms with Gasteiger partial charge in [0.2, 0.25) is 11.7 Å². The molecule has 0 saturated heterocycles. The van der Waals surface area contributed by atoms with Gasteiger partial charge in [0.1, 0.15) is 10.9 Å². The number of anilines is 2. The van der Waals surface area contributed by atoms with Gasteiger partial charge in [0.05, 0.1) is 21.3 Å². The zero-order valence-electron chi connectivity index (χ0n) is 29.0. The maximum atomic E-state index is 13.7. The van der Waals surface area contributed by atoms with Gasteiger partial charge in [-0.3, -0.25) is 14.4 Å². The fraction of sp³-hybridized carbons (Fsp3) is 0.146. The van der Waals surface area contributed by atoms with Gasteiger partial charge in [-0.1, -0.05) is 54.6 Å². The van der Waals surface area contributed by atoms with Crippen LogP contribution in [0.4, 0.5) is 11.4 Å². The van der Waals surface area contributed by atoms with Crippen LogP contribution in [0.15, 0.2) is 126 Å². The van der Waals surface area contributed by atoms with Crippen LogP contribution in [0.3, 0.4) is 0 Å². The third kappa shape index (κ3) is 9.58. The molecule has 5 aromatic rings. The van der Waals surface area contributed by atoms with Gasteiger partial charge in [0.25, 0.3) is 11.8 Å². The molecule has 10 heteroatoms. The van der Waals surface area contributed by atoms with Crippen LogP contribution in [-0.2, 0) is 9.59 Å². The van der Waals surface area contributed by atoms with E-state index in [1.807, 2.05) is 68.4 Å². The summed E-state index contributed by atoms with van der Waals surface area (Å²) in [6.07, 6.45) is 1.53. The Morgan fingerprint density at radius 3 is 1.82 bits per heavy atom. The highest BCUT2D eigenvalue weighted by Gasteiger charge is 2.23. The number of thioether (sulfide) groups is 1. The fourth-order valence-corrected chi connectivity index (χ4v) is 6.43. The van der Waals surface area contributed by atoms with Crippen molar-refractivity contribution in [3.8, 4) is 17.2 Å². The van der Waals surface area contributed by atoms with E-state index in [0.717, 1.165) is 27.3 Å². The molecule has 0 aliphatic carbocycles. The summed E-state index contributed by atoms with van der Waals surface area (Å²) in [6.45, 7) is 3.99. The topological polar surface area (TPSA) is 115 Å². The summed E-state index contributed by atoms with van der Waals surface area (Å²) in [5.74, 6) is 0.0188. The van der Waals surface area contributed by atoms with E-state index in [1.54, 1.807) is 54.6 Å². The van der Waals surface area contributed by atoms with E-state index < -0.39 is 17.1 Å². The Balaban J connectivity index is 1.38. The molecule has 0 radical (unpaired) electrons. The minimum absolute atomic E-state index is 0.0104. The Hall–Kier alpha value is -6.00. The molecule has 0 aromatic heterocycles. The number of carbonyl (C=O) groups excluding carboxylic acids is 3. The number of nitrogens with one attached hydrogen (secondary N) is 3. The van der Waals surface area contributed by atoms with Crippen molar-refractivity contribution in [3.05, 3.63) is 149 Å². The highest BCUT2D eigenvalue weighted by molar-refractivity contribution is 8.00. The largest absolute Gasteiger partial charge is 0.493 e. The third-order valence-corrected chi connectivity index (χ3v) is 8.99. The van der Waals surface area contributed by atoms with Crippen molar-refractivity contribution in [3.63, 3.8) is 0 Å². The highest BCUT2D eigenvalue weighted by atomic mass is 32.2. The van der Waals surface area contributed by atoms with Gasteiger partial charge >= 0.3 is 0 Å². The first-order valence-corrected chi connectivity index (χ1v) is 17.0. The Labute approximate surface area is 302 Å². The number of ether oxygens (including phenoxy) is 3. The van der Waals surface area contributed by atoms with Crippen LogP contribution in [0.1, 0.15) is 37.9 Å². The first-order chi connectivity index (χ1) is 24.7. The smallest absolute Gasteiger partial charge is 0.272 e. The first kappa shape index (κ1) is 36.3. The number of carbonyl (C=O) groups is 3. The van der Waals surface area contributed by atoms with Gasteiger partial charge in [0, 0.05) is 21.8 Å². The number of rotatable bonds is 13. The molecule has 0 heterocycles. The molecule has 3 amide bonds. The fourth-order valence-electron chi connectivity index (χ4n) is 5.40. The van der Waals surface area contributed by atoms with Gasteiger partial charge in [-0.25, -0.2) is 0 Å². The summed E-state index contributed by atoms with van der Waals surface area (Å²) in [5.41, 5.74) is 5.12. The second-order valence-electron chi connectivity index (χ2n) is 11.6. The van der Waals surface area contributed by atoms with Crippen LogP contribution in [0.2, 0.25) is 0 Å². The van der Waals surface area contributed by atoms with Gasteiger partial charge in [-0.05, 0) is 103 Å². The van der Waals surface area contributed by atoms with Crippen LogP contribution in [0.5, 0.6) is 17.2 Å². The monoisotopic (exact) mass is 701 g/mol. The van der Waals surface area contributed by atoms with Crippen LogP contribution in [0.25, 0.3) is 6.08 Å². The zero-order valence-corrected chi connectivity index (χ0v) is 29.8. The molecule has 0 aliphatic rings. The predicted molar refractivity (Wildman–Crippen MR) is 203 cm³/mol. The number of hydrogen-bond acceptors (Lipinski definition) is 7. The summed E-state index contributed by atoms with van der Waals surface area (Å²) in [4.78, 5) is 41.4. The number of benzene rings is 5. The van der Waals surface area contributed by atoms with Crippen molar-refractivity contribution < 1.29 is 28.6 Å². The predicted octanol–water partition coefficient (Wildman–Crippen LogP) is 8.21. The van der Waals surface area contributed by atoms with E-state index in [-0.39, 0.29) is 11.6 Å². The van der Waals surface area contributed by atoms with Gasteiger partial charge in [0.15, 0.2) is 11.5 Å². The lowest BCUT2D eigenvalue weighted by molar-refractivity contribution is -0.116. The summed E-state index contributed by atoms with van der Waals surface area (Å²) >= 11 is 1.40. The maximum Gasteiger partial charge on any atom is 0.272 e. The molecule has 3 N–H and O–H groups in total. The molecule has 0 spiro atoms. The molecular formula is C41H39N3O6S. The van der Waals surface area contributed by atoms with Crippen molar-refractivity contribution in [2.75, 3.05) is 32.0 Å². The van der Waals surface area contributed by atoms with Gasteiger partial charge < -0.3 is 30.2 Å². The lowest BCUT2D eigenvalue weighted by Gasteiger charge is -2.18. The average Bonchev–Trinajstić information content (AvgIpc) is 3.13. The Morgan fingerprint density at radius 2 is 1.25 bits per heavy atom. The Kier molecular flexibility index (Phi) is 12.2. The van der Waals surface area contributed by atoms with Crippen LogP contribution in [-0.4, -0.2) is 39.1 Å². The molecule has 0 fully saturated rings. The standard InChI is InChI=1S/C41H39N3O6S/c1-26-20-27(2)22-32(21-26)43-41(47)38(29-12-8-6-9-13-29)51-33-18-16-31(17-19-33)42-40(46)34(44-39(45)30-14-10-7-11-15-30)23-28-24-35(48-3)37(50-5)36(25-28)49-4/h6-25,38H,1-5H3,(H,42,46)(H,43,47)(H,44,45)/b34-23-. The summed E-state index contributed by atoms with van der Waals surface area (Å²) in [6, 6.07) is 34.7. The molecule has 9 nitrogen and oxygen atoms in total. The van der Waals surface area contributed by atoms with Crippen LogP contribution >= 0.6 is 11.8 Å². The van der Waals surface area contributed by atoms with Crippen molar-refractivity contribution in [2.24, 2.45) is 0 Å². The third-order valence-electron chi connectivity index (χ3n) is 7.72. The molecule has 5 rings (SSSR count). The van der Waals surface area contributed by atoms with Crippen molar-refractivity contribution in [1.29, 1.82) is 0 Å². The highest BCUT2D eigenvalue weighted by Crippen LogP contribution is 2.39. The van der Waals surface area contributed by atoms with Crippen molar-refractivity contribution >= 4 is 46.9 Å². The summed E-state index contributed by atoms with van der Waals surface area (Å²) < 4.78 is 16.4. The van der Waals surface area contributed by atoms with Gasteiger partial charge in [-0.2, -0.15) is 0 Å². The molecule has 5 aromatic carbocycles. The molecule has 0 aliphatic heterocycles. The van der Waals surface area contributed by atoms with E-state index >= 15 is 0 Å². The van der Waals surface area contributed by atoms with Crippen LogP contribution in [0, 0.1) is 13.8 Å². The summed E-state index contributed by atoms with van der Waals surface area (Å²) in [7, 11) is 4.50. The minimum atomic E-state index is -0.552. The van der Waals surface area contributed by atoms with Crippen molar-refractivity contribution in [2.45, 2.75) is 24.0 Å². The molecule has 51 heavy (non-hydrogen) atoms. The normalized spacial score (nSPS) is 11.6. The number of hydrogen-bond donors (Lipinski definition) is 3. The Morgan fingerprint density at radius 1 is 0.667 bits per heavy atom. The molecule has 260 valence electrons. The average molecular weight is 702 g/mol. The SMILES string of the molecule is COc1cc(/C=C(\NC(=O)c2ccccc2)C(=O)Nc2ccc(SC(C(=O)Nc3cc(C)cc(C)c3)c3ccccc3)cc2)cc(OC)c1OC. The van der Waals surface area contributed by atoms with E-state index in [0.29, 0.717) is 34.1 Å². The zero-order chi connectivity index (χ0) is 36.3. The van der Waals surface area contributed by atoms with E-state index in [1.165, 1.54) is 39.2 Å². The molecule has 1 atom stereocenters. The Bertz CT molecular complexity index is 1990. The molecule has 1 unspecified atom stereocenters. The van der Waals surface area contributed by atoms with E-state index in [4.69, 9.17) is 14.2 Å². The number of amides is 3. The number of aryl methyl sites for hydroxylation is 2. The quantitative estimate of drug-likeness (QED) is 0.0838. The first-order valence-electron chi connectivity index (χ1n) is 16.1. The molecule has 0 saturated carbocycles. The van der Waals surface area contributed by atoms with E-state index in [9.17, 15) is 14.4 Å².